The fourth-order valence-electron chi connectivity index (χ4n) is 3.56. The van der Waals surface area contributed by atoms with Gasteiger partial charge in [-0.3, -0.25) is 9.59 Å². The molecule has 3 aromatic carbocycles. The van der Waals surface area contributed by atoms with Gasteiger partial charge in [-0.05, 0) is 71.5 Å². The molecule has 0 aliphatic carbocycles. The van der Waals surface area contributed by atoms with E-state index in [0.717, 1.165) is 17.7 Å². The minimum Gasteiger partial charge on any atom is -0.457 e. The summed E-state index contributed by atoms with van der Waals surface area (Å²) >= 11 is 0. The van der Waals surface area contributed by atoms with Gasteiger partial charge >= 0.3 is 0 Å². The number of imide groups is 1. The Morgan fingerprint density at radius 3 is 1.90 bits per heavy atom. The predicted octanol–water partition coefficient (Wildman–Crippen LogP) is 6.14. The first kappa shape index (κ1) is 19.9. The average molecular weight is 399 g/mol. The van der Waals surface area contributed by atoms with Crippen LogP contribution in [0.15, 0.2) is 66.7 Å². The molecule has 0 spiro atoms. The highest BCUT2D eigenvalue weighted by Gasteiger charge is 2.36. The molecule has 1 heterocycles. The maximum Gasteiger partial charge on any atom is 0.266 e. The van der Waals surface area contributed by atoms with Crippen molar-refractivity contribution in [1.29, 1.82) is 0 Å². The third-order valence-corrected chi connectivity index (χ3v) is 5.41. The average Bonchev–Trinajstić information content (AvgIpc) is 2.98. The lowest BCUT2D eigenvalue weighted by Crippen LogP contribution is -2.29. The number of amides is 2. The monoisotopic (exact) mass is 399 g/mol. The lowest BCUT2D eigenvalue weighted by atomic mass is 9.87. The van der Waals surface area contributed by atoms with E-state index in [1.165, 1.54) is 10.5 Å². The zero-order valence-corrected chi connectivity index (χ0v) is 17.7. The summed E-state index contributed by atoms with van der Waals surface area (Å²) in [4.78, 5) is 26.8. The van der Waals surface area contributed by atoms with E-state index in [1.807, 2.05) is 31.2 Å². The Morgan fingerprint density at radius 1 is 0.767 bits per heavy atom. The van der Waals surface area contributed by atoms with E-state index in [9.17, 15) is 9.59 Å². The van der Waals surface area contributed by atoms with Gasteiger partial charge in [-0.2, -0.15) is 0 Å². The first-order chi connectivity index (χ1) is 14.3. The standard InChI is InChI=1S/C26H25NO3/c1-5-17-6-15-22-23(16-17)25(29)27(24(22)28)19-9-13-21(14-10-19)30-20-11-7-18(8-12-20)26(2,3)4/h6-16H,5H2,1-4H3. The number of rotatable bonds is 4. The van der Waals surface area contributed by atoms with E-state index in [0.29, 0.717) is 22.6 Å². The summed E-state index contributed by atoms with van der Waals surface area (Å²) in [5, 5.41) is 0. The smallest absolute Gasteiger partial charge is 0.266 e. The molecule has 0 bridgehead atoms. The molecule has 4 heteroatoms. The Morgan fingerprint density at radius 2 is 1.33 bits per heavy atom. The second-order valence-electron chi connectivity index (χ2n) is 8.55. The second-order valence-corrected chi connectivity index (χ2v) is 8.55. The van der Waals surface area contributed by atoms with Gasteiger partial charge in [0, 0.05) is 0 Å². The van der Waals surface area contributed by atoms with Gasteiger partial charge in [0.2, 0.25) is 0 Å². The Bertz CT molecular complexity index is 1110. The number of hydrogen-bond donors (Lipinski definition) is 0. The molecule has 0 saturated carbocycles. The van der Waals surface area contributed by atoms with Crippen LogP contribution < -0.4 is 9.64 Å². The molecule has 0 fully saturated rings. The van der Waals surface area contributed by atoms with Crippen molar-refractivity contribution in [3.63, 3.8) is 0 Å². The van der Waals surface area contributed by atoms with Crippen molar-refractivity contribution in [2.45, 2.75) is 39.5 Å². The lowest BCUT2D eigenvalue weighted by molar-refractivity contribution is 0.0926. The third-order valence-electron chi connectivity index (χ3n) is 5.41. The van der Waals surface area contributed by atoms with Gasteiger partial charge < -0.3 is 4.74 Å². The fourth-order valence-corrected chi connectivity index (χ4v) is 3.56. The highest BCUT2D eigenvalue weighted by Crippen LogP contribution is 2.32. The topological polar surface area (TPSA) is 46.6 Å². The molecule has 0 atom stereocenters. The van der Waals surface area contributed by atoms with Crippen LogP contribution in [-0.2, 0) is 11.8 Å². The van der Waals surface area contributed by atoms with E-state index in [-0.39, 0.29) is 17.2 Å². The Labute approximate surface area is 177 Å². The fraction of sp³-hybridized carbons (Fsp3) is 0.231. The number of ether oxygens (including phenoxy) is 1. The van der Waals surface area contributed by atoms with Crippen LogP contribution >= 0.6 is 0 Å². The molecule has 1 aliphatic heterocycles. The first-order valence-corrected chi connectivity index (χ1v) is 10.2. The lowest BCUT2D eigenvalue weighted by Gasteiger charge is -2.19. The molecule has 4 rings (SSSR count). The molecular formula is C26H25NO3. The molecule has 0 unspecified atom stereocenters. The summed E-state index contributed by atoms with van der Waals surface area (Å²) in [6.07, 6.45) is 0.817. The van der Waals surface area contributed by atoms with Crippen LogP contribution in [0.5, 0.6) is 11.5 Å². The number of aryl methyl sites for hydroxylation is 1. The van der Waals surface area contributed by atoms with Gasteiger partial charge in [0.1, 0.15) is 11.5 Å². The maximum absolute atomic E-state index is 12.8. The molecule has 0 saturated heterocycles. The van der Waals surface area contributed by atoms with Gasteiger partial charge in [-0.15, -0.1) is 0 Å². The molecule has 0 aromatic heterocycles. The van der Waals surface area contributed by atoms with Crippen molar-refractivity contribution in [1.82, 2.24) is 0 Å². The van der Waals surface area contributed by atoms with Crippen molar-refractivity contribution in [3.05, 3.63) is 89.0 Å². The Hall–Kier alpha value is -3.40. The van der Waals surface area contributed by atoms with E-state index in [4.69, 9.17) is 4.74 Å². The molecular weight excluding hydrogens is 374 g/mol. The van der Waals surface area contributed by atoms with Gasteiger partial charge in [0.25, 0.3) is 11.8 Å². The highest BCUT2D eigenvalue weighted by atomic mass is 16.5. The summed E-state index contributed by atoms with van der Waals surface area (Å²) < 4.78 is 5.92. The van der Waals surface area contributed by atoms with Gasteiger partial charge in [-0.25, -0.2) is 4.90 Å². The zero-order valence-electron chi connectivity index (χ0n) is 17.7. The normalized spacial score (nSPS) is 13.5. The van der Waals surface area contributed by atoms with Crippen molar-refractivity contribution < 1.29 is 14.3 Å². The summed E-state index contributed by atoms with van der Waals surface area (Å²) in [6, 6.07) is 20.5. The summed E-state index contributed by atoms with van der Waals surface area (Å²) in [5.74, 6) is 0.816. The van der Waals surface area contributed by atoms with Crippen LogP contribution in [0.25, 0.3) is 0 Å². The number of carbonyl (C=O) groups is 2. The highest BCUT2D eigenvalue weighted by molar-refractivity contribution is 6.34. The van der Waals surface area contributed by atoms with Gasteiger partial charge in [0.05, 0.1) is 16.8 Å². The number of carbonyl (C=O) groups excluding carboxylic acids is 2. The third kappa shape index (κ3) is 3.61. The van der Waals surface area contributed by atoms with E-state index < -0.39 is 0 Å². The van der Waals surface area contributed by atoms with Gasteiger partial charge in [-0.1, -0.05) is 45.9 Å². The SMILES string of the molecule is CCc1ccc2c(c1)C(=O)N(c1ccc(Oc3ccc(C(C)(C)C)cc3)cc1)C2=O. The quantitative estimate of drug-likeness (QED) is 0.495. The Balaban J connectivity index is 1.53. The van der Waals surface area contributed by atoms with Crippen molar-refractivity contribution in [2.24, 2.45) is 0 Å². The molecule has 2 amide bonds. The molecule has 0 N–H and O–H groups in total. The number of nitrogens with zero attached hydrogens (tertiary/aromatic N) is 1. The molecule has 0 radical (unpaired) electrons. The number of anilines is 1. The molecule has 30 heavy (non-hydrogen) atoms. The first-order valence-electron chi connectivity index (χ1n) is 10.2. The summed E-state index contributed by atoms with van der Waals surface area (Å²) in [5.41, 5.74) is 3.83. The number of hydrogen-bond acceptors (Lipinski definition) is 3. The van der Waals surface area contributed by atoms with Crippen LogP contribution in [0.1, 0.15) is 59.5 Å². The molecule has 4 nitrogen and oxygen atoms in total. The number of fused-ring (bicyclic) bond motifs is 1. The van der Waals surface area contributed by atoms with E-state index in [2.05, 4.69) is 32.9 Å². The maximum atomic E-state index is 12.8. The van der Waals surface area contributed by atoms with Crippen molar-refractivity contribution in [3.8, 4) is 11.5 Å². The van der Waals surface area contributed by atoms with Crippen LogP contribution in [-0.4, -0.2) is 11.8 Å². The van der Waals surface area contributed by atoms with Crippen LogP contribution in [0.2, 0.25) is 0 Å². The minimum atomic E-state index is -0.288. The largest absolute Gasteiger partial charge is 0.457 e. The summed E-state index contributed by atoms with van der Waals surface area (Å²) in [7, 11) is 0. The molecule has 3 aromatic rings. The van der Waals surface area contributed by atoms with Gasteiger partial charge in [0.15, 0.2) is 0 Å². The predicted molar refractivity (Wildman–Crippen MR) is 119 cm³/mol. The van der Waals surface area contributed by atoms with Crippen LogP contribution in [0, 0.1) is 0 Å². The summed E-state index contributed by atoms with van der Waals surface area (Å²) in [6.45, 7) is 8.54. The number of benzene rings is 3. The van der Waals surface area contributed by atoms with Crippen molar-refractivity contribution in [2.75, 3.05) is 4.90 Å². The van der Waals surface area contributed by atoms with E-state index in [1.54, 1.807) is 30.3 Å². The zero-order chi connectivity index (χ0) is 21.5. The second kappa shape index (κ2) is 7.45. The van der Waals surface area contributed by atoms with Crippen molar-refractivity contribution >= 4 is 17.5 Å². The Kier molecular flexibility index (Phi) is 4.94. The molecule has 1 aliphatic rings. The van der Waals surface area contributed by atoms with Crippen LogP contribution in [0.4, 0.5) is 5.69 Å². The van der Waals surface area contributed by atoms with E-state index >= 15 is 0 Å². The van der Waals surface area contributed by atoms with Crippen LogP contribution in [0.3, 0.4) is 0 Å². The molecule has 152 valence electrons. The minimum absolute atomic E-state index is 0.0878.